The minimum absolute atomic E-state index is 0.0743. The number of nitrogens with one attached hydrogen (secondary N) is 1. The lowest BCUT2D eigenvalue weighted by molar-refractivity contribution is -0.146. The molecule has 0 atom stereocenters. The number of anilines is 1. The lowest BCUT2D eigenvalue weighted by Crippen LogP contribution is -2.26. The van der Waals surface area contributed by atoms with E-state index in [2.05, 4.69) is 5.32 Å². The van der Waals surface area contributed by atoms with Crippen molar-refractivity contribution in [1.82, 2.24) is 0 Å². The summed E-state index contributed by atoms with van der Waals surface area (Å²) < 4.78 is 10.5. The van der Waals surface area contributed by atoms with Crippen LogP contribution in [0.25, 0.3) is 11.1 Å². The number of amides is 1. The number of carbonyl (C=O) groups excluding carboxylic acids is 2. The summed E-state index contributed by atoms with van der Waals surface area (Å²) in [5.41, 5.74) is 2.16. The van der Waals surface area contributed by atoms with Gasteiger partial charge in [0.25, 0.3) is 5.91 Å². The third-order valence-corrected chi connectivity index (χ3v) is 5.52. The van der Waals surface area contributed by atoms with E-state index in [1.54, 1.807) is 49.6 Å². The molecule has 0 unspecified atom stereocenters. The quantitative estimate of drug-likeness (QED) is 0.419. The van der Waals surface area contributed by atoms with E-state index in [0.717, 1.165) is 11.1 Å². The van der Waals surface area contributed by atoms with Crippen LogP contribution in [0.15, 0.2) is 66.7 Å². The van der Waals surface area contributed by atoms with E-state index in [4.69, 9.17) is 9.47 Å². The first-order valence-corrected chi connectivity index (χ1v) is 10.6. The second kappa shape index (κ2) is 10.2. The molecule has 0 aliphatic heterocycles. The number of carboxylic acid groups (broad SMARTS) is 1. The van der Waals surface area contributed by atoms with E-state index < -0.39 is 11.4 Å². The van der Waals surface area contributed by atoms with Gasteiger partial charge in [-0.2, -0.15) is 0 Å². The van der Waals surface area contributed by atoms with Crippen LogP contribution in [0.5, 0.6) is 11.5 Å². The van der Waals surface area contributed by atoms with Crippen LogP contribution in [0.1, 0.15) is 41.0 Å². The molecule has 0 aromatic heterocycles. The molecule has 0 bridgehead atoms. The molecule has 1 amide bonds. The first-order chi connectivity index (χ1) is 16.1. The highest BCUT2D eigenvalue weighted by Crippen LogP contribution is 2.27. The first kappa shape index (κ1) is 24.5. The van der Waals surface area contributed by atoms with Gasteiger partial charge in [0.15, 0.2) is 5.78 Å². The fourth-order valence-electron chi connectivity index (χ4n) is 3.36. The van der Waals surface area contributed by atoms with Gasteiger partial charge in [0.1, 0.15) is 11.5 Å². The van der Waals surface area contributed by atoms with Crippen LogP contribution >= 0.6 is 0 Å². The average Bonchev–Trinajstić information content (AvgIpc) is 2.83. The number of rotatable bonds is 9. The molecule has 3 rings (SSSR count). The van der Waals surface area contributed by atoms with Crippen LogP contribution in [0.3, 0.4) is 0 Å². The van der Waals surface area contributed by atoms with Crippen molar-refractivity contribution in [2.45, 2.75) is 20.3 Å². The molecule has 0 aliphatic carbocycles. The molecule has 0 saturated carbocycles. The molecule has 0 heterocycles. The number of carbonyl (C=O) groups is 3. The third-order valence-electron chi connectivity index (χ3n) is 5.52. The van der Waals surface area contributed by atoms with Crippen LogP contribution in [-0.2, 0) is 4.79 Å². The summed E-state index contributed by atoms with van der Waals surface area (Å²) in [6.45, 7) is 3.07. The highest BCUT2D eigenvalue weighted by molar-refractivity contribution is 6.06. The summed E-state index contributed by atoms with van der Waals surface area (Å²) in [6.07, 6.45) is -0.0743. The number of ether oxygens (including phenoxy) is 2. The largest absolute Gasteiger partial charge is 0.497 e. The van der Waals surface area contributed by atoms with E-state index in [1.165, 1.54) is 21.0 Å². The maximum absolute atomic E-state index is 12.7. The predicted octanol–water partition coefficient (Wildman–Crippen LogP) is 5.31. The van der Waals surface area contributed by atoms with Crippen molar-refractivity contribution < 1.29 is 29.0 Å². The normalized spacial score (nSPS) is 10.9. The van der Waals surface area contributed by atoms with Crippen LogP contribution < -0.4 is 14.8 Å². The smallest absolute Gasteiger partial charge is 0.309 e. The summed E-state index contributed by atoms with van der Waals surface area (Å²) in [6, 6.07) is 19.3. The van der Waals surface area contributed by atoms with Crippen molar-refractivity contribution in [3.63, 3.8) is 0 Å². The molecule has 2 N–H and O–H groups in total. The molecule has 3 aromatic carbocycles. The lowest BCUT2D eigenvalue weighted by Gasteiger charge is -2.17. The molecule has 34 heavy (non-hydrogen) atoms. The van der Waals surface area contributed by atoms with E-state index in [-0.39, 0.29) is 18.1 Å². The maximum Gasteiger partial charge on any atom is 0.309 e. The fourth-order valence-corrected chi connectivity index (χ4v) is 3.36. The van der Waals surface area contributed by atoms with Crippen molar-refractivity contribution in [2.24, 2.45) is 5.41 Å². The number of aliphatic carboxylic acids is 1. The van der Waals surface area contributed by atoms with Crippen molar-refractivity contribution >= 4 is 23.3 Å². The Bertz CT molecular complexity index is 1200. The van der Waals surface area contributed by atoms with Crippen molar-refractivity contribution in [1.29, 1.82) is 0 Å². The number of benzene rings is 3. The second-order valence-corrected chi connectivity index (χ2v) is 8.46. The van der Waals surface area contributed by atoms with Gasteiger partial charge >= 0.3 is 5.97 Å². The fraction of sp³-hybridized carbons (Fsp3) is 0.222. The molecule has 0 spiro atoms. The predicted molar refractivity (Wildman–Crippen MR) is 130 cm³/mol. The topological polar surface area (TPSA) is 102 Å². The summed E-state index contributed by atoms with van der Waals surface area (Å²) in [5.74, 6) is -0.522. The molecule has 0 aliphatic rings. The zero-order valence-electron chi connectivity index (χ0n) is 19.5. The number of ketones is 1. The molecule has 176 valence electrons. The number of methoxy groups -OCH3 is 2. The van der Waals surface area contributed by atoms with E-state index in [9.17, 15) is 19.5 Å². The zero-order valence-corrected chi connectivity index (χ0v) is 19.5. The van der Waals surface area contributed by atoms with Gasteiger partial charge in [0, 0.05) is 23.7 Å². The minimum Gasteiger partial charge on any atom is -0.497 e. The molecular formula is C27H27NO6. The Morgan fingerprint density at radius 2 is 1.44 bits per heavy atom. The van der Waals surface area contributed by atoms with E-state index >= 15 is 0 Å². The summed E-state index contributed by atoms with van der Waals surface area (Å²) in [7, 11) is 3.04. The molecule has 7 heteroatoms. The van der Waals surface area contributed by atoms with Gasteiger partial charge in [-0.15, -0.1) is 0 Å². The standard InChI is InChI=1S/C27H27NO6/c1-27(2,26(31)32)16-23(29)19-7-5-17(6-8-19)18-9-11-20(12-10-18)28-25(30)22-14-13-21(33-3)15-24(22)34-4/h5-15H,16H2,1-4H3,(H,28,30)(H,31,32). The maximum atomic E-state index is 12.7. The Kier molecular flexibility index (Phi) is 7.36. The van der Waals surface area contributed by atoms with Gasteiger partial charge in [-0.1, -0.05) is 36.4 Å². The molecule has 7 nitrogen and oxygen atoms in total. The first-order valence-electron chi connectivity index (χ1n) is 10.6. The zero-order chi connectivity index (χ0) is 24.9. The van der Waals surface area contributed by atoms with Crippen molar-refractivity contribution in [2.75, 3.05) is 19.5 Å². The lowest BCUT2D eigenvalue weighted by atomic mass is 9.85. The van der Waals surface area contributed by atoms with Gasteiger partial charge in [-0.05, 0) is 49.2 Å². The summed E-state index contributed by atoms with van der Waals surface area (Å²) >= 11 is 0. The number of Topliss-reactive ketones (excluding diaryl/α,β-unsaturated/α-hetero) is 1. The van der Waals surface area contributed by atoms with Crippen LogP contribution in [-0.4, -0.2) is 37.0 Å². The highest BCUT2D eigenvalue weighted by Gasteiger charge is 2.30. The molecule has 0 radical (unpaired) electrons. The summed E-state index contributed by atoms with van der Waals surface area (Å²) in [4.78, 5) is 36.4. The number of hydrogen-bond donors (Lipinski definition) is 2. The highest BCUT2D eigenvalue weighted by atomic mass is 16.5. The number of carboxylic acids is 1. The Labute approximate surface area is 198 Å². The Morgan fingerprint density at radius 3 is 1.97 bits per heavy atom. The molecule has 0 saturated heterocycles. The van der Waals surface area contributed by atoms with Crippen LogP contribution in [0.4, 0.5) is 5.69 Å². The van der Waals surface area contributed by atoms with Crippen molar-refractivity contribution in [3.05, 3.63) is 77.9 Å². The molecule has 3 aromatic rings. The van der Waals surface area contributed by atoms with E-state index in [0.29, 0.717) is 28.3 Å². The van der Waals surface area contributed by atoms with Crippen LogP contribution in [0.2, 0.25) is 0 Å². The monoisotopic (exact) mass is 461 g/mol. The molecule has 0 fully saturated rings. The van der Waals surface area contributed by atoms with Gasteiger partial charge in [-0.3, -0.25) is 14.4 Å². The van der Waals surface area contributed by atoms with Crippen LogP contribution in [0, 0.1) is 5.41 Å². The summed E-state index contributed by atoms with van der Waals surface area (Å²) in [5, 5.41) is 12.1. The van der Waals surface area contributed by atoms with Gasteiger partial charge < -0.3 is 19.9 Å². The SMILES string of the molecule is COc1ccc(C(=O)Nc2ccc(-c3ccc(C(=O)CC(C)(C)C(=O)O)cc3)cc2)c(OC)c1. The number of hydrogen-bond acceptors (Lipinski definition) is 5. The average molecular weight is 462 g/mol. The van der Waals surface area contributed by atoms with Gasteiger partial charge in [-0.25, -0.2) is 0 Å². The van der Waals surface area contributed by atoms with Gasteiger partial charge in [0.05, 0.1) is 25.2 Å². The Morgan fingerprint density at radius 1 is 0.853 bits per heavy atom. The Hall–Kier alpha value is -4.13. The second-order valence-electron chi connectivity index (χ2n) is 8.46. The Balaban J connectivity index is 1.69. The third kappa shape index (κ3) is 5.61. The van der Waals surface area contributed by atoms with Crippen molar-refractivity contribution in [3.8, 4) is 22.6 Å². The molecular weight excluding hydrogens is 434 g/mol. The van der Waals surface area contributed by atoms with Gasteiger partial charge in [0.2, 0.25) is 0 Å². The minimum atomic E-state index is -1.12. The van der Waals surface area contributed by atoms with E-state index in [1.807, 2.05) is 24.3 Å².